The predicted molar refractivity (Wildman–Crippen MR) is 71.3 cm³/mol. The van der Waals surface area contributed by atoms with E-state index in [1.165, 1.54) is 0 Å². The fourth-order valence-corrected chi connectivity index (χ4v) is 2.59. The summed E-state index contributed by atoms with van der Waals surface area (Å²) in [7, 11) is 0. The summed E-state index contributed by atoms with van der Waals surface area (Å²) in [5.74, 6) is -2.24. The highest BCUT2D eigenvalue weighted by atomic mass is 79.9. The lowest BCUT2D eigenvalue weighted by atomic mass is 10.1. The Bertz CT molecular complexity index is 508. The molecule has 100 valence electrons. The van der Waals surface area contributed by atoms with Gasteiger partial charge in [-0.1, -0.05) is 28.1 Å². The lowest BCUT2D eigenvalue weighted by Gasteiger charge is -2.16. The number of aliphatic carboxylic acids is 1. The number of carbonyl (C=O) groups excluding carboxylic acids is 2. The molecule has 0 aromatic heterocycles. The van der Waals surface area contributed by atoms with Gasteiger partial charge < -0.3 is 5.11 Å². The molecule has 5 nitrogen and oxygen atoms in total. The molecule has 0 fully saturated rings. The molecule has 1 aromatic rings. The molecule has 6 heteroatoms. The van der Waals surface area contributed by atoms with Crippen molar-refractivity contribution >= 4 is 33.7 Å². The van der Waals surface area contributed by atoms with Gasteiger partial charge in [0.2, 0.25) is 0 Å². The Morgan fingerprint density at radius 1 is 1.21 bits per heavy atom. The van der Waals surface area contributed by atoms with Gasteiger partial charge in [0.1, 0.15) is 0 Å². The van der Waals surface area contributed by atoms with Crippen molar-refractivity contribution in [2.45, 2.75) is 6.42 Å². The maximum absolute atomic E-state index is 12.0. The monoisotopic (exact) mass is 325 g/mol. The van der Waals surface area contributed by atoms with E-state index in [1.807, 2.05) is 0 Å². The molecule has 0 bridgehead atoms. The normalized spacial score (nSPS) is 15.5. The van der Waals surface area contributed by atoms with Gasteiger partial charge in [-0.15, -0.1) is 0 Å². The SMILES string of the molecule is O=C(O)C(CBr)CCN1C(=O)c2ccccc2C1=O. The molecule has 1 atom stereocenters. The van der Waals surface area contributed by atoms with Gasteiger partial charge in [0.25, 0.3) is 11.8 Å². The van der Waals surface area contributed by atoms with Gasteiger partial charge in [-0.05, 0) is 18.6 Å². The average Bonchev–Trinajstić information content (AvgIpc) is 2.64. The van der Waals surface area contributed by atoms with Crippen LogP contribution in [0.15, 0.2) is 24.3 Å². The summed E-state index contributed by atoms with van der Waals surface area (Å²) in [6.45, 7) is 0.120. The van der Waals surface area contributed by atoms with E-state index < -0.39 is 11.9 Å². The molecule has 19 heavy (non-hydrogen) atoms. The number of carbonyl (C=O) groups is 3. The first-order valence-corrected chi connectivity index (χ1v) is 6.92. The summed E-state index contributed by atoms with van der Waals surface area (Å²) >= 11 is 3.12. The van der Waals surface area contributed by atoms with Gasteiger partial charge in [0, 0.05) is 11.9 Å². The standard InChI is InChI=1S/C13H12BrNO4/c14-7-8(13(18)19)5-6-15-11(16)9-3-1-2-4-10(9)12(15)17/h1-4,8H,5-7H2,(H,18,19). The van der Waals surface area contributed by atoms with E-state index in [2.05, 4.69) is 15.9 Å². The first-order chi connectivity index (χ1) is 9.06. The van der Waals surface area contributed by atoms with Gasteiger partial charge in [0.15, 0.2) is 0 Å². The molecule has 1 aliphatic heterocycles. The van der Waals surface area contributed by atoms with E-state index in [4.69, 9.17) is 5.11 Å². The number of carboxylic acid groups (broad SMARTS) is 1. The van der Waals surface area contributed by atoms with Crippen molar-refractivity contribution in [2.75, 3.05) is 11.9 Å². The van der Waals surface area contributed by atoms with Crippen LogP contribution in [-0.4, -0.2) is 39.7 Å². The average molecular weight is 326 g/mol. The minimum atomic E-state index is -0.937. The Balaban J connectivity index is 2.10. The Kier molecular flexibility index (Phi) is 3.99. The zero-order valence-electron chi connectivity index (χ0n) is 10.0. The predicted octanol–water partition coefficient (Wildman–Crippen LogP) is 1.77. The fourth-order valence-electron chi connectivity index (χ4n) is 1.99. The molecule has 0 aliphatic carbocycles. The molecule has 2 amide bonds. The summed E-state index contributed by atoms with van der Waals surface area (Å²) in [4.78, 5) is 36.1. The summed E-state index contributed by atoms with van der Waals surface area (Å²) in [5, 5.41) is 9.23. The van der Waals surface area contributed by atoms with Crippen molar-refractivity contribution in [1.82, 2.24) is 4.90 Å². The van der Waals surface area contributed by atoms with Crippen LogP contribution in [0.4, 0.5) is 0 Å². The number of imide groups is 1. The number of alkyl halides is 1. The second-order valence-corrected chi connectivity index (χ2v) is 4.93. The summed E-state index contributed by atoms with van der Waals surface area (Å²) in [6.07, 6.45) is 0.242. The largest absolute Gasteiger partial charge is 0.481 e. The van der Waals surface area contributed by atoms with E-state index in [-0.39, 0.29) is 24.8 Å². The number of hydrogen-bond acceptors (Lipinski definition) is 3. The summed E-state index contributed by atoms with van der Waals surface area (Å²) in [6, 6.07) is 6.61. The highest BCUT2D eigenvalue weighted by Crippen LogP contribution is 2.23. The van der Waals surface area contributed by atoms with Crippen molar-refractivity contribution in [3.8, 4) is 0 Å². The third-order valence-corrected chi connectivity index (χ3v) is 3.90. The molecular formula is C13H12BrNO4. The van der Waals surface area contributed by atoms with Crippen molar-refractivity contribution in [3.05, 3.63) is 35.4 Å². The number of fused-ring (bicyclic) bond motifs is 1. The fraction of sp³-hybridized carbons (Fsp3) is 0.308. The van der Waals surface area contributed by atoms with Crippen LogP contribution < -0.4 is 0 Å². The van der Waals surface area contributed by atoms with Gasteiger partial charge in [0.05, 0.1) is 17.0 Å². The number of carboxylic acids is 1. The second-order valence-electron chi connectivity index (χ2n) is 4.29. The Morgan fingerprint density at radius 2 is 1.74 bits per heavy atom. The third kappa shape index (κ3) is 2.53. The number of amides is 2. The minimum absolute atomic E-state index is 0.120. The molecule has 1 N–H and O–H groups in total. The van der Waals surface area contributed by atoms with Crippen LogP contribution in [-0.2, 0) is 4.79 Å². The molecule has 0 radical (unpaired) electrons. The van der Waals surface area contributed by atoms with Crippen LogP contribution in [0.1, 0.15) is 27.1 Å². The molecular weight excluding hydrogens is 314 g/mol. The van der Waals surface area contributed by atoms with Crippen molar-refractivity contribution in [1.29, 1.82) is 0 Å². The Morgan fingerprint density at radius 3 is 2.16 bits per heavy atom. The van der Waals surface area contributed by atoms with Gasteiger partial charge in [-0.3, -0.25) is 19.3 Å². The first-order valence-electron chi connectivity index (χ1n) is 5.80. The molecule has 1 aromatic carbocycles. The highest BCUT2D eigenvalue weighted by Gasteiger charge is 2.35. The van der Waals surface area contributed by atoms with Gasteiger partial charge in [-0.25, -0.2) is 0 Å². The number of nitrogens with zero attached hydrogens (tertiary/aromatic N) is 1. The van der Waals surface area contributed by atoms with Crippen LogP contribution >= 0.6 is 15.9 Å². The molecule has 0 spiro atoms. The topological polar surface area (TPSA) is 74.7 Å². The van der Waals surface area contributed by atoms with Crippen molar-refractivity contribution in [2.24, 2.45) is 5.92 Å². The molecule has 1 aliphatic rings. The highest BCUT2D eigenvalue weighted by molar-refractivity contribution is 9.09. The van der Waals surface area contributed by atoms with Crippen LogP contribution in [0.5, 0.6) is 0 Å². The lowest BCUT2D eigenvalue weighted by molar-refractivity contribution is -0.141. The smallest absolute Gasteiger partial charge is 0.307 e. The quantitative estimate of drug-likeness (QED) is 0.661. The van der Waals surface area contributed by atoms with E-state index >= 15 is 0 Å². The number of halogens is 1. The van der Waals surface area contributed by atoms with Crippen LogP contribution in [0, 0.1) is 5.92 Å². The van der Waals surface area contributed by atoms with E-state index in [0.29, 0.717) is 16.5 Å². The zero-order chi connectivity index (χ0) is 14.0. The molecule has 2 rings (SSSR count). The number of hydrogen-bond donors (Lipinski definition) is 1. The second kappa shape index (κ2) is 5.52. The van der Waals surface area contributed by atoms with Crippen molar-refractivity contribution < 1.29 is 19.5 Å². The Hall–Kier alpha value is -1.69. The van der Waals surface area contributed by atoms with Crippen LogP contribution in [0.3, 0.4) is 0 Å². The van der Waals surface area contributed by atoms with Crippen molar-refractivity contribution in [3.63, 3.8) is 0 Å². The third-order valence-electron chi connectivity index (χ3n) is 3.11. The summed E-state index contributed by atoms with van der Waals surface area (Å²) in [5.41, 5.74) is 0.774. The summed E-state index contributed by atoms with van der Waals surface area (Å²) < 4.78 is 0. The number of benzene rings is 1. The van der Waals surface area contributed by atoms with Gasteiger partial charge in [-0.2, -0.15) is 0 Å². The van der Waals surface area contributed by atoms with E-state index in [1.54, 1.807) is 24.3 Å². The molecule has 1 heterocycles. The molecule has 1 unspecified atom stereocenters. The maximum atomic E-state index is 12.0. The van der Waals surface area contributed by atoms with E-state index in [0.717, 1.165) is 4.90 Å². The van der Waals surface area contributed by atoms with E-state index in [9.17, 15) is 14.4 Å². The van der Waals surface area contributed by atoms with Crippen LogP contribution in [0.25, 0.3) is 0 Å². The lowest BCUT2D eigenvalue weighted by Crippen LogP contribution is -2.33. The zero-order valence-corrected chi connectivity index (χ0v) is 11.6. The number of rotatable bonds is 5. The maximum Gasteiger partial charge on any atom is 0.307 e. The molecule has 0 saturated heterocycles. The van der Waals surface area contributed by atoms with Gasteiger partial charge >= 0.3 is 5.97 Å². The molecule has 0 saturated carbocycles. The minimum Gasteiger partial charge on any atom is -0.481 e. The van der Waals surface area contributed by atoms with Crippen LogP contribution in [0.2, 0.25) is 0 Å². The first kappa shape index (κ1) is 13.7. The Labute approximate surface area is 118 Å².